The lowest BCUT2D eigenvalue weighted by molar-refractivity contribution is -0.117. The fourth-order valence-corrected chi connectivity index (χ4v) is 2.91. The predicted octanol–water partition coefficient (Wildman–Crippen LogP) is 1.45. The summed E-state index contributed by atoms with van der Waals surface area (Å²) in [6.45, 7) is 1.46. The summed E-state index contributed by atoms with van der Waals surface area (Å²) >= 11 is 3.37. The van der Waals surface area contributed by atoms with E-state index in [-0.39, 0.29) is 23.5 Å². The molecule has 124 valence electrons. The third-order valence-electron chi connectivity index (χ3n) is 3.83. The molecule has 0 atom stereocenters. The Kier molecular flexibility index (Phi) is 4.00. The van der Waals surface area contributed by atoms with E-state index in [1.54, 1.807) is 11.6 Å². The molecule has 3 rings (SSSR count). The Morgan fingerprint density at radius 2 is 1.75 bits per heavy atom. The van der Waals surface area contributed by atoms with Gasteiger partial charge in [-0.15, -0.1) is 0 Å². The summed E-state index contributed by atoms with van der Waals surface area (Å²) in [5, 5.41) is 0. The molecule has 8 heteroatoms. The highest BCUT2D eigenvalue weighted by Gasteiger charge is 2.20. The zero-order valence-electron chi connectivity index (χ0n) is 13.4. The molecule has 0 saturated carbocycles. The minimum atomic E-state index is -0.467. The maximum atomic E-state index is 12.6. The van der Waals surface area contributed by atoms with Gasteiger partial charge in [0.2, 0.25) is 0 Å². The summed E-state index contributed by atoms with van der Waals surface area (Å²) < 4.78 is 4.81. The number of ketones is 1. The molecular formula is C16H15BrN4O3. The van der Waals surface area contributed by atoms with Gasteiger partial charge in [-0.2, -0.15) is 0 Å². The first-order valence-corrected chi connectivity index (χ1v) is 8.02. The Bertz CT molecular complexity index is 1070. The number of benzene rings is 1. The molecule has 0 unspecified atom stereocenters. The van der Waals surface area contributed by atoms with Crippen LogP contribution in [0.4, 0.5) is 0 Å². The van der Waals surface area contributed by atoms with Crippen LogP contribution in [0.5, 0.6) is 0 Å². The highest BCUT2D eigenvalue weighted by Crippen LogP contribution is 2.24. The second kappa shape index (κ2) is 5.86. The fourth-order valence-electron chi connectivity index (χ4n) is 2.64. The van der Waals surface area contributed by atoms with Gasteiger partial charge < -0.3 is 4.57 Å². The molecule has 2 heterocycles. The van der Waals surface area contributed by atoms with Crippen LogP contribution < -0.4 is 11.2 Å². The number of hydrogen-bond donors (Lipinski definition) is 0. The summed E-state index contributed by atoms with van der Waals surface area (Å²) in [5.41, 5.74) is 0.340. The van der Waals surface area contributed by atoms with Crippen LogP contribution in [0, 0.1) is 0 Å². The molecular weight excluding hydrogens is 376 g/mol. The van der Waals surface area contributed by atoms with Crippen molar-refractivity contribution in [2.24, 2.45) is 14.1 Å². The largest absolute Gasteiger partial charge is 0.332 e. The minimum absolute atomic E-state index is 0.00927. The number of aromatic nitrogens is 4. The second-order valence-electron chi connectivity index (χ2n) is 5.61. The van der Waals surface area contributed by atoms with Gasteiger partial charge in [-0.25, -0.2) is 9.78 Å². The van der Waals surface area contributed by atoms with Gasteiger partial charge in [0.1, 0.15) is 11.6 Å². The normalized spacial score (nSPS) is 11.2. The molecule has 0 bridgehead atoms. The molecule has 2 aromatic heterocycles. The molecule has 24 heavy (non-hydrogen) atoms. The number of aryl methyl sites for hydroxylation is 1. The maximum Gasteiger partial charge on any atom is 0.332 e. The number of carbonyl (C=O) groups is 1. The molecule has 0 spiro atoms. The van der Waals surface area contributed by atoms with Crippen LogP contribution in [0.25, 0.3) is 22.6 Å². The third kappa shape index (κ3) is 2.52. The zero-order chi connectivity index (χ0) is 17.6. The van der Waals surface area contributed by atoms with Crippen molar-refractivity contribution in [3.8, 4) is 11.4 Å². The maximum absolute atomic E-state index is 12.6. The number of imidazole rings is 1. The first kappa shape index (κ1) is 16.4. The lowest BCUT2D eigenvalue weighted by Crippen LogP contribution is -2.37. The Morgan fingerprint density at radius 1 is 1.12 bits per heavy atom. The molecule has 1 aromatic carbocycles. The van der Waals surface area contributed by atoms with Crippen LogP contribution in [-0.4, -0.2) is 24.5 Å². The SMILES string of the molecule is CC(=O)Cn1c(-c2ccc(Br)cc2)nc2c1c(=O)n(C)c(=O)n2C. The highest BCUT2D eigenvalue weighted by atomic mass is 79.9. The average Bonchev–Trinajstić information content (AvgIpc) is 2.90. The van der Waals surface area contributed by atoms with Gasteiger partial charge in [-0.3, -0.25) is 18.7 Å². The van der Waals surface area contributed by atoms with E-state index in [0.29, 0.717) is 5.82 Å². The Labute approximate surface area is 145 Å². The lowest BCUT2D eigenvalue weighted by atomic mass is 10.2. The fraction of sp³-hybridized carbons (Fsp3) is 0.250. The van der Waals surface area contributed by atoms with E-state index < -0.39 is 11.2 Å². The van der Waals surface area contributed by atoms with Gasteiger partial charge in [0.05, 0.1) is 6.54 Å². The van der Waals surface area contributed by atoms with E-state index in [1.807, 2.05) is 24.3 Å². The number of carbonyl (C=O) groups excluding carboxylic acids is 1. The Morgan fingerprint density at radius 3 is 2.33 bits per heavy atom. The number of nitrogens with zero attached hydrogens (tertiary/aromatic N) is 4. The molecule has 0 amide bonds. The van der Waals surface area contributed by atoms with Crippen LogP contribution in [0.1, 0.15) is 6.92 Å². The Hall–Kier alpha value is -2.48. The quantitative estimate of drug-likeness (QED) is 0.677. The first-order valence-electron chi connectivity index (χ1n) is 7.23. The molecule has 0 aliphatic heterocycles. The zero-order valence-corrected chi connectivity index (χ0v) is 15.0. The van der Waals surface area contributed by atoms with Crippen LogP contribution in [-0.2, 0) is 25.4 Å². The van der Waals surface area contributed by atoms with Crippen LogP contribution >= 0.6 is 15.9 Å². The minimum Gasteiger partial charge on any atom is -0.311 e. The van der Waals surface area contributed by atoms with Crippen LogP contribution in [0.15, 0.2) is 38.3 Å². The summed E-state index contributed by atoms with van der Waals surface area (Å²) in [7, 11) is 2.97. The topological polar surface area (TPSA) is 78.9 Å². The monoisotopic (exact) mass is 390 g/mol. The van der Waals surface area contributed by atoms with Crippen molar-refractivity contribution in [2.45, 2.75) is 13.5 Å². The average molecular weight is 391 g/mol. The van der Waals surface area contributed by atoms with Crippen molar-refractivity contribution in [2.75, 3.05) is 0 Å². The van der Waals surface area contributed by atoms with Crippen LogP contribution in [0.2, 0.25) is 0 Å². The van der Waals surface area contributed by atoms with Gasteiger partial charge in [0, 0.05) is 24.1 Å². The van der Waals surface area contributed by atoms with Gasteiger partial charge in [0.25, 0.3) is 5.56 Å². The summed E-state index contributed by atoms with van der Waals surface area (Å²) in [4.78, 5) is 40.9. The van der Waals surface area contributed by atoms with Crippen molar-refractivity contribution < 1.29 is 4.79 Å². The van der Waals surface area contributed by atoms with Gasteiger partial charge in [0.15, 0.2) is 11.2 Å². The van der Waals surface area contributed by atoms with Crippen molar-refractivity contribution >= 4 is 32.9 Å². The molecule has 0 aliphatic rings. The van der Waals surface area contributed by atoms with Crippen LogP contribution in [0.3, 0.4) is 0 Å². The van der Waals surface area contributed by atoms with E-state index in [9.17, 15) is 14.4 Å². The molecule has 0 fully saturated rings. The molecule has 0 aliphatic carbocycles. The van der Waals surface area contributed by atoms with E-state index in [0.717, 1.165) is 14.6 Å². The number of Topliss-reactive ketones (excluding diaryl/α,β-unsaturated/α-hetero) is 1. The summed E-state index contributed by atoms with van der Waals surface area (Å²) in [6, 6.07) is 7.38. The Balaban J connectivity index is 2.45. The van der Waals surface area contributed by atoms with Gasteiger partial charge >= 0.3 is 5.69 Å². The smallest absolute Gasteiger partial charge is 0.311 e. The predicted molar refractivity (Wildman–Crippen MR) is 94.0 cm³/mol. The molecule has 0 saturated heterocycles. The molecule has 3 aromatic rings. The van der Waals surface area contributed by atoms with E-state index in [4.69, 9.17) is 0 Å². The number of fused-ring (bicyclic) bond motifs is 1. The number of halogens is 1. The van der Waals surface area contributed by atoms with Crippen molar-refractivity contribution in [3.63, 3.8) is 0 Å². The van der Waals surface area contributed by atoms with E-state index in [1.165, 1.54) is 18.5 Å². The van der Waals surface area contributed by atoms with Crippen molar-refractivity contribution in [1.82, 2.24) is 18.7 Å². The standard InChI is InChI=1S/C16H15BrN4O3/c1-9(22)8-21-12-14(19(2)16(24)20(3)15(12)23)18-13(21)10-4-6-11(17)7-5-10/h4-7H,8H2,1-3H3. The van der Waals surface area contributed by atoms with Gasteiger partial charge in [-0.05, 0) is 19.1 Å². The molecule has 0 N–H and O–H groups in total. The molecule has 7 nitrogen and oxygen atoms in total. The van der Waals surface area contributed by atoms with E-state index in [2.05, 4.69) is 20.9 Å². The van der Waals surface area contributed by atoms with Crippen molar-refractivity contribution in [1.29, 1.82) is 0 Å². The summed E-state index contributed by atoms with van der Waals surface area (Å²) in [5.74, 6) is 0.370. The summed E-state index contributed by atoms with van der Waals surface area (Å²) in [6.07, 6.45) is 0. The highest BCUT2D eigenvalue weighted by molar-refractivity contribution is 9.10. The second-order valence-corrected chi connectivity index (χ2v) is 6.52. The van der Waals surface area contributed by atoms with Gasteiger partial charge in [-0.1, -0.05) is 28.1 Å². The third-order valence-corrected chi connectivity index (χ3v) is 4.36. The molecule has 0 radical (unpaired) electrons. The number of hydrogen-bond acceptors (Lipinski definition) is 4. The van der Waals surface area contributed by atoms with Crippen molar-refractivity contribution in [3.05, 3.63) is 49.6 Å². The van der Waals surface area contributed by atoms with E-state index >= 15 is 0 Å². The number of rotatable bonds is 3. The lowest BCUT2D eigenvalue weighted by Gasteiger charge is -2.08. The first-order chi connectivity index (χ1) is 11.3.